The average molecular weight is 244 g/mol. The topological polar surface area (TPSA) is 55.2 Å². The zero-order valence-electron chi connectivity index (χ0n) is 10.3. The second-order valence-electron chi connectivity index (χ2n) is 4.04. The van der Waals surface area contributed by atoms with Crippen LogP contribution >= 0.6 is 0 Å². The molecular formula is C14H16N2O2. The standard InChI is InChI=1S/C14H16N2O2/c1-18-12-5-2-11(3-6-12)4-7-14(17)13-8-9-15-10-16-13/h2-3,5-6,8-10,14,17H,4,7H2,1H3. The van der Waals surface area contributed by atoms with Crippen LogP contribution in [0.25, 0.3) is 0 Å². The van der Waals surface area contributed by atoms with Gasteiger partial charge in [-0.25, -0.2) is 9.97 Å². The summed E-state index contributed by atoms with van der Waals surface area (Å²) < 4.78 is 5.10. The third-order valence-electron chi connectivity index (χ3n) is 2.81. The van der Waals surface area contributed by atoms with Gasteiger partial charge in [0, 0.05) is 6.20 Å². The minimum absolute atomic E-state index is 0.546. The lowest BCUT2D eigenvalue weighted by molar-refractivity contribution is 0.163. The first-order chi connectivity index (χ1) is 8.79. The Labute approximate surface area is 106 Å². The maximum atomic E-state index is 9.97. The first kappa shape index (κ1) is 12.5. The Kier molecular flexibility index (Phi) is 4.25. The minimum Gasteiger partial charge on any atom is -0.497 e. The summed E-state index contributed by atoms with van der Waals surface area (Å²) in [6, 6.07) is 9.59. The Morgan fingerprint density at radius 3 is 2.61 bits per heavy atom. The van der Waals surface area contributed by atoms with Gasteiger partial charge in [0.25, 0.3) is 0 Å². The molecule has 0 saturated carbocycles. The highest BCUT2D eigenvalue weighted by Crippen LogP contribution is 2.18. The van der Waals surface area contributed by atoms with Crippen molar-refractivity contribution >= 4 is 0 Å². The molecule has 0 aliphatic carbocycles. The number of aliphatic hydroxyl groups excluding tert-OH is 1. The van der Waals surface area contributed by atoms with Gasteiger partial charge in [0.05, 0.1) is 18.9 Å². The van der Waals surface area contributed by atoms with Crippen molar-refractivity contribution in [2.24, 2.45) is 0 Å². The molecule has 1 unspecified atom stereocenters. The van der Waals surface area contributed by atoms with Crippen LogP contribution in [0.3, 0.4) is 0 Å². The molecule has 2 aromatic rings. The minimum atomic E-state index is -0.546. The first-order valence-corrected chi connectivity index (χ1v) is 5.86. The SMILES string of the molecule is COc1ccc(CCC(O)c2ccncn2)cc1. The van der Waals surface area contributed by atoms with Gasteiger partial charge in [0.1, 0.15) is 12.1 Å². The third-order valence-corrected chi connectivity index (χ3v) is 2.81. The predicted molar refractivity (Wildman–Crippen MR) is 68.3 cm³/mol. The molecule has 1 N–H and O–H groups in total. The molecule has 4 heteroatoms. The molecule has 1 aromatic heterocycles. The molecule has 94 valence electrons. The van der Waals surface area contributed by atoms with Crippen LogP contribution in [0.5, 0.6) is 5.75 Å². The van der Waals surface area contributed by atoms with Gasteiger partial charge >= 0.3 is 0 Å². The molecule has 1 aromatic carbocycles. The van der Waals surface area contributed by atoms with E-state index in [9.17, 15) is 5.11 Å². The van der Waals surface area contributed by atoms with Crippen molar-refractivity contribution in [1.29, 1.82) is 0 Å². The van der Waals surface area contributed by atoms with Crippen molar-refractivity contribution in [3.05, 3.63) is 54.1 Å². The third kappa shape index (κ3) is 3.28. The quantitative estimate of drug-likeness (QED) is 0.875. The largest absolute Gasteiger partial charge is 0.497 e. The van der Waals surface area contributed by atoms with Gasteiger partial charge in [-0.1, -0.05) is 12.1 Å². The molecule has 4 nitrogen and oxygen atoms in total. The van der Waals surface area contributed by atoms with Crippen molar-refractivity contribution in [2.75, 3.05) is 7.11 Å². The number of methoxy groups -OCH3 is 1. The Bertz CT molecular complexity index is 471. The molecule has 0 amide bonds. The maximum absolute atomic E-state index is 9.97. The van der Waals surface area contributed by atoms with Crippen LogP contribution in [0.15, 0.2) is 42.9 Å². The highest BCUT2D eigenvalue weighted by molar-refractivity contribution is 5.27. The summed E-state index contributed by atoms with van der Waals surface area (Å²) in [4.78, 5) is 7.87. The molecule has 18 heavy (non-hydrogen) atoms. The van der Waals surface area contributed by atoms with E-state index in [1.807, 2.05) is 24.3 Å². The number of rotatable bonds is 5. The summed E-state index contributed by atoms with van der Waals surface area (Å²) in [5.41, 5.74) is 1.84. The number of ether oxygens (including phenoxy) is 1. The zero-order chi connectivity index (χ0) is 12.8. The molecule has 0 saturated heterocycles. The maximum Gasteiger partial charge on any atom is 0.118 e. The summed E-state index contributed by atoms with van der Waals surface area (Å²) in [7, 11) is 1.65. The fraction of sp³-hybridized carbons (Fsp3) is 0.286. The van der Waals surface area contributed by atoms with Gasteiger partial charge in [0.15, 0.2) is 0 Å². The molecule has 0 bridgehead atoms. The summed E-state index contributed by atoms with van der Waals surface area (Å²) in [5.74, 6) is 0.843. The average Bonchev–Trinajstić information content (AvgIpc) is 2.46. The Morgan fingerprint density at radius 2 is 2.00 bits per heavy atom. The monoisotopic (exact) mass is 244 g/mol. The Balaban J connectivity index is 1.91. The lowest BCUT2D eigenvalue weighted by atomic mass is 10.0. The second kappa shape index (κ2) is 6.12. The molecule has 1 heterocycles. The highest BCUT2D eigenvalue weighted by Gasteiger charge is 2.08. The van der Waals surface area contributed by atoms with Crippen LogP contribution in [0.4, 0.5) is 0 Å². The number of benzene rings is 1. The lowest BCUT2D eigenvalue weighted by Gasteiger charge is -2.09. The molecule has 0 aliphatic heterocycles. The summed E-state index contributed by atoms with van der Waals surface area (Å²) in [5, 5.41) is 9.97. The molecule has 2 rings (SSSR count). The van der Waals surface area contributed by atoms with E-state index in [2.05, 4.69) is 9.97 Å². The Morgan fingerprint density at radius 1 is 1.22 bits per heavy atom. The highest BCUT2D eigenvalue weighted by atomic mass is 16.5. The van der Waals surface area contributed by atoms with E-state index < -0.39 is 6.10 Å². The van der Waals surface area contributed by atoms with Crippen LogP contribution in [0.1, 0.15) is 23.8 Å². The number of hydrogen-bond donors (Lipinski definition) is 1. The van der Waals surface area contributed by atoms with E-state index in [1.165, 1.54) is 11.9 Å². The molecule has 1 atom stereocenters. The molecule has 0 radical (unpaired) electrons. The normalized spacial score (nSPS) is 12.1. The van der Waals surface area contributed by atoms with E-state index in [-0.39, 0.29) is 0 Å². The predicted octanol–water partition coefficient (Wildman–Crippen LogP) is 2.15. The van der Waals surface area contributed by atoms with Gasteiger partial charge < -0.3 is 9.84 Å². The van der Waals surface area contributed by atoms with Gasteiger partial charge in [0.2, 0.25) is 0 Å². The molecular weight excluding hydrogens is 228 g/mol. The van der Waals surface area contributed by atoms with Gasteiger partial charge in [-0.2, -0.15) is 0 Å². The van der Waals surface area contributed by atoms with Crippen molar-refractivity contribution in [3.63, 3.8) is 0 Å². The zero-order valence-corrected chi connectivity index (χ0v) is 10.3. The molecule has 0 aliphatic rings. The van der Waals surface area contributed by atoms with E-state index >= 15 is 0 Å². The summed E-state index contributed by atoms with van der Waals surface area (Å²) in [6.07, 6.45) is 3.98. The number of aliphatic hydroxyl groups is 1. The lowest BCUT2D eigenvalue weighted by Crippen LogP contribution is -2.02. The van der Waals surface area contributed by atoms with Crippen molar-refractivity contribution in [1.82, 2.24) is 9.97 Å². The number of aryl methyl sites for hydroxylation is 1. The number of aromatic nitrogens is 2. The van der Waals surface area contributed by atoms with E-state index in [0.29, 0.717) is 12.1 Å². The van der Waals surface area contributed by atoms with Gasteiger partial charge in [-0.05, 0) is 36.6 Å². The molecule has 0 fully saturated rings. The van der Waals surface area contributed by atoms with Crippen LogP contribution < -0.4 is 4.74 Å². The summed E-state index contributed by atoms with van der Waals surface area (Å²) in [6.45, 7) is 0. The van der Waals surface area contributed by atoms with E-state index in [4.69, 9.17) is 4.74 Å². The van der Waals surface area contributed by atoms with Crippen LogP contribution in [-0.4, -0.2) is 22.2 Å². The van der Waals surface area contributed by atoms with E-state index in [1.54, 1.807) is 19.4 Å². The second-order valence-corrected chi connectivity index (χ2v) is 4.04. The fourth-order valence-corrected chi connectivity index (χ4v) is 1.74. The van der Waals surface area contributed by atoms with Crippen LogP contribution in [-0.2, 0) is 6.42 Å². The van der Waals surface area contributed by atoms with Crippen molar-refractivity contribution < 1.29 is 9.84 Å². The van der Waals surface area contributed by atoms with Crippen LogP contribution in [0.2, 0.25) is 0 Å². The van der Waals surface area contributed by atoms with Crippen molar-refractivity contribution in [2.45, 2.75) is 18.9 Å². The number of nitrogens with zero attached hydrogens (tertiary/aromatic N) is 2. The summed E-state index contributed by atoms with van der Waals surface area (Å²) >= 11 is 0. The number of hydrogen-bond acceptors (Lipinski definition) is 4. The Hall–Kier alpha value is -1.94. The van der Waals surface area contributed by atoms with E-state index in [0.717, 1.165) is 12.2 Å². The first-order valence-electron chi connectivity index (χ1n) is 5.86. The smallest absolute Gasteiger partial charge is 0.118 e. The molecule has 0 spiro atoms. The van der Waals surface area contributed by atoms with Crippen molar-refractivity contribution in [3.8, 4) is 5.75 Å². The van der Waals surface area contributed by atoms with Crippen LogP contribution in [0, 0.1) is 0 Å². The van der Waals surface area contributed by atoms with Gasteiger partial charge in [-0.15, -0.1) is 0 Å². The van der Waals surface area contributed by atoms with Gasteiger partial charge in [-0.3, -0.25) is 0 Å². The fourth-order valence-electron chi connectivity index (χ4n) is 1.74.